The van der Waals surface area contributed by atoms with Crippen molar-refractivity contribution in [1.29, 1.82) is 0 Å². The molecule has 0 atom stereocenters. The van der Waals surface area contributed by atoms with Gasteiger partial charge in [0.15, 0.2) is 0 Å². The quantitative estimate of drug-likeness (QED) is 0.746. The van der Waals surface area contributed by atoms with E-state index in [0.29, 0.717) is 31.5 Å². The van der Waals surface area contributed by atoms with Crippen LogP contribution >= 0.6 is 0 Å². The number of rotatable bonds is 6. The first-order chi connectivity index (χ1) is 9.58. The van der Waals surface area contributed by atoms with E-state index in [1.165, 1.54) is 0 Å². The second-order valence-corrected chi connectivity index (χ2v) is 4.96. The van der Waals surface area contributed by atoms with Crippen LogP contribution in [0.2, 0.25) is 0 Å². The van der Waals surface area contributed by atoms with Crippen molar-refractivity contribution >= 4 is 16.9 Å². The first-order valence-electron chi connectivity index (χ1n) is 6.75. The summed E-state index contributed by atoms with van der Waals surface area (Å²) in [6, 6.07) is 3.40. The SMILES string of the molecule is Cc1cc(C(=O)O)cc2c(CCN)cn(CCCO)c12. The number of aryl methyl sites for hydroxylation is 2. The van der Waals surface area contributed by atoms with Crippen molar-refractivity contribution in [1.82, 2.24) is 4.57 Å². The first kappa shape index (κ1) is 14.6. The fourth-order valence-corrected chi connectivity index (χ4v) is 2.62. The minimum atomic E-state index is -0.920. The topological polar surface area (TPSA) is 88.5 Å². The molecule has 0 aliphatic rings. The van der Waals surface area contributed by atoms with Gasteiger partial charge in [-0.3, -0.25) is 0 Å². The minimum Gasteiger partial charge on any atom is -0.478 e. The van der Waals surface area contributed by atoms with Gasteiger partial charge in [-0.25, -0.2) is 4.79 Å². The molecule has 0 radical (unpaired) electrons. The Morgan fingerprint density at radius 3 is 2.75 bits per heavy atom. The van der Waals surface area contributed by atoms with E-state index in [0.717, 1.165) is 22.0 Å². The van der Waals surface area contributed by atoms with Gasteiger partial charge >= 0.3 is 5.97 Å². The normalized spacial score (nSPS) is 11.2. The Hall–Kier alpha value is -1.85. The maximum absolute atomic E-state index is 11.2. The van der Waals surface area contributed by atoms with Gasteiger partial charge in [0.2, 0.25) is 0 Å². The highest BCUT2D eigenvalue weighted by molar-refractivity contribution is 5.96. The van der Waals surface area contributed by atoms with Gasteiger partial charge in [0.05, 0.1) is 11.1 Å². The molecule has 0 amide bonds. The number of nitrogens with zero attached hydrogens (tertiary/aromatic N) is 1. The number of fused-ring (bicyclic) bond motifs is 1. The molecule has 1 aromatic heterocycles. The number of carbonyl (C=O) groups is 1. The lowest BCUT2D eigenvalue weighted by molar-refractivity contribution is 0.0697. The highest BCUT2D eigenvalue weighted by Crippen LogP contribution is 2.27. The van der Waals surface area contributed by atoms with Crippen molar-refractivity contribution in [3.8, 4) is 0 Å². The second kappa shape index (κ2) is 6.07. The molecule has 20 heavy (non-hydrogen) atoms. The number of aliphatic hydroxyl groups is 1. The van der Waals surface area contributed by atoms with E-state index in [1.54, 1.807) is 12.1 Å². The molecule has 0 fully saturated rings. The molecule has 1 aromatic carbocycles. The third-order valence-electron chi connectivity index (χ3n) is 3.46. The first-order valence-corrected chi connectivity index (χ1v) is 6.75. The number of aromatic nitrogens is 1. The summed E-state index contributed by atoms with van der Waals surface area (Å²) in [5, 5.41) is 19.1. The molecule has 5 heteroatoms. The molecular weight excluding hydrogens is 256 g/mol. The molecule has 5 nitrogen and oxygen atoms in total. The maximum Gasteiger partial charge on any atom is 0.335 e. The van der Waals surface area contributed by atoms with Crippen molar-refractivity contribution in [2.24, 2.45) is 5.73 Å². The van der Waals surface area contributed by atoms with Gasteiger partial charge in [-0.05, 0) is 49.6 Å². The van der Waals surface area contributed by atoms with E-state index >= 15 is 0 Å². The van der Waals surface area contributed by atoms with Gasteiger partial charge < -0.3 is 20.5 Å². The van der Waals surface area contributed by atoms with Gasteiger partial charge in [0.25, 0.3) is 0 Å². The third-order valence-corrected chi connectivity index (χ3v) is 3.46. The second-order valence-electron chi connectivity index (χ2n) is 4.96. The van der Waals surface area contributed by atoms with Gasteiger partial charge in [0.1, 0.15) is 0 Å². The molecule has 4 N–H and O–H groups in total. The molecule has 108 valence electrons. The number of aliphatic hydroxyl groups excluding tert-OH is 1. The van der Waals surface area contributed by atoms with E-state index in [2.05, 4.69) is 4.57 Å². The fourth-order valence-electron chi connectivity index (χ4n) is 2.62. The van der Waals surface area contributed by atoms with Crippen LogP contribution in [0, 0.1) is 6.92 Å². The zero-order valence-electron chi connectivity index (χ0n) is 11.6. The van der Waals surface area contributed by atoms with Crippen molar-refractivity contribution in [2.45, 2.75) is 26.3 Å². The fraction of sp³-hybridized carbons (Fsp3) is 0.400. The summed E-state index contributed by atoms with van der Waals surface area (Å²) in [6.45, 7) is 3.29. The summed E-state index contributed by atoms with van der Waals surface area (Å²) < 4.78 is 2.08. The monoisotopic (exact) mass is 276 g/mol. The predicted octanol–water partition coefficient (Wildman–Crippen LogP) is 1.53. The summed E-state index contributed by atoms with van der Waals surface area (Å²) in [5.41, 5.74) is 8.96. The van der Waals surface area contributed by atoms with Crippen LogP contribution in [0.3, 0.4) is 0 Å². The largest absolute Gasteiger partial charge is 0.478 e. The minimum absolute atomic E-state index is 0.137. The molecule has 0 aliphatic heterocycles. The number of aromatic carboxylic acids is 1. The molecule has 1 heterocycles. The average Bonchev–Trinajstić information content (AvgIpc) is 2.75. The highest BCUT2D eigenvalue weighted by atomic mass is 16.4. The lowest BCUT2D eigenvalue weighted by atomic mass is 10.0. The summed E-state index contributed by atoms with van der Waals surface area (Å²) in [4.78, 5) is 11.2. The summed E-state index contributed by atoms with van der Waals surface area (Å²) in [5.74, 6) is -0.920. The van der Waals surface area contributed by atoms with E-state index in [9.17, 15) is 9.90 Å². The van der Waals surface area contributed by atoms with Crippen LogP contribution in [-0.4, -0.2) is 33.9 Å². The molecule has 0 saturated heterocycles. The lowest BCUT2D eigenvalue weighted by Gasteiger charge is -2.07. The van der Waals surface area contributed by atoms with Crippen LogP contribution in [0.1, 0.15) is 27.9 Å². The molecule has 0 spiro atoms. The Bertz CT molecular complexity index is 632. The van der Waals surface area contributed by atoms with E-state index in [4.69, 9.17) is 10.8 Å². The molecule has 0 aliphatic carbocycles. The number of carboxylic acids is 1. The van der Waals surface area contributed by atoms with Gasteiger partial charge in [-0.15, -0.1) is 0 Å². The molecule has 0 saturated carbocycles. The van der Waals surface area contributed by atoms with Crippen LogP contribution in [0.5, 0.6) is 0 Å². The smallest absolute Gasteiger partial charge is 0.335 e. The van der Waals surface area contributed by atoms with Crippen molar-refractivity contribution in [3.63, 3.8) is 0 Å². The highest BCUT2D eigenvalue weighted by Gasteiger charge is 2.14. The van der Waals surface area contributed by atoms with Crippen LogP contribution in [0.15, 0.2) is 18.3 Å². The molecule has 0 bridgehead atoms. The van der Waals surface area contributed by atoms with Gasteiger partial charge in [0, 0.05) is 24.7 Å². The van der Waals surface area contributed by atoms with Crippen LogP contribution in [0.25, 0.3) is 10.9 Å². The maximum atomic E-state index is 11.2. The number of hydrogen-bond donors (Lipinski definition) is 3. The van der Waals surface area contributed by atoms with Crippen LogP contribution in [-0.2, 0) is 13.0 Å². The molecule has 2 rings (SSSR count). The van der Waals surface area contributed by atoms with E-state index < -0.39 is 5.97 Å². The van der Waals surface area contributed by atoms with E-state index in [-0.39, 0.29) is 6.61 Å². The molecule has 2 aromatic rings. The van der Waals surface area contributed by atoms with Crippen molar-refractivity contribution < 1.29 is 15.0 Å². The number of carboxylic acid groups (broad SMARTS) is 1. The Morgan fingerprint density at radius 1 is 1.40 bits per heavy atom. The lowest BCUT2D eigenvalue weighted by Crippen LogP contribution is -2.02. The van der Waals surface area contributed by atoms with E-state index in [1.807, 2.05) is 13.1 Å². The predicted molar refractivity (Wildman–Crippen MR) is 78.1 cm³/mol. The summed E-state index contributed by atoms with van der Waals surface area (Å²) >= 11 is 0. The Kier molecular flexibility index (Phi) is 4.42. The molecular formula is C15H20N2O3. The van der Waals surface area contributed by atoms with Crippen molar-refractivity contribution in [3.05, 3.63) is 35.0 Å². The number of hydrogen-bond acceptors (Lipinski definition) is 3. The third kappa shape index (κ3) is 2.69. The van der Waals surface area contributed by atoms with Crippen LogP contribution in [0.4, 0.5) is 0 Å². The van der Waals surface area contributed by atoms with Crippen LogP contribution < -0.4 is 5.73 Å². The zero-order chi connectivity index (χ0) is 14.7. The number of benzene rings is 1. The standard InChI is InChI=1S/C15H20N2O3/c1-10-7-12(15(19)20)8-13-11(3-4-16)9-17(14(10)13)5-2-6-18/h7-9,18H,2-6,16H2,1H3,(H,19,20). The van der Waals surface area contributed by atoms with Gasteiger partial charge in [-0.1, -0.05) is 0 Å². The Labute approximate surface area is 117 Å². The number of nitrogens with two attached hydrogens (primary N) is 1. The Balaban J connectivity index is 2.62. The zero-order valence-corrected chi connectivity index (χ0v) is 11.6. The van der Waals surface area contributed by atoms with Gasteiger partial charge in [-0.2, -0.15) is 0 Å². The Morgan fingerprint density at radius 2 is 2.15 bits per heavy atom. The summed E-state index contributed by atoms with van der Waals surface area (Å²) in [6.07, 6.45) is 3.41. The summed E-state index contributed by atoms with van der Waals surface area (Å²) in [7, 11) is 0. The van der Waals surface area contributed by atoms with Crippen molar-refractivity contribution in [2.75, 3.05) is 13.2 Å². The average molecular weight is 276 g/mol. The molecule has 0 unspecified atom stereocenters.